The average molecular weight is 340 g/mol. The Hall–Kier alpha value is -2.34. The van der Waals surface area contributed by atoms with Crippen molar-refractivity contribution >= 4 is 5.82 Å². The van der Waals surface area contributed by atoms with E-state index < -0.39 is 0 Å². The molecule has 6 nitrogen and oxygen atoms in total. The molecule has 132 valence electrons. The van der Waals surface area contributed by atoms with Crippen molar-refractivity contribution in [2.75, 3.05) is 31.2 Å². The number of rotatable bonds is 4. The molecule has 2 aliphatic heterocycles. The van der Waals surface area contributed by atoms with Crippen molar-refractivity contribution in [1.82, 2.24) is 15.5 Å². The Kier molecular flexibility index (Phi) is 4.97. The van der Waals surface area contributed by atoms with Gasteiger partial charge in [0.1, 0.15) is 0 Å². The SMILES string of the molecule is c1cnnc(N2CCCC(NCc3cccc4c3OCCCO4)C2)c1. The lowest BCUT2D eigenvalue weighted by Crippen LogP contribution is -2.45. The van der Waals surface area contributed by atoms with Crippen LogP contribution < -0.4 is 19.7 Å². The minimum absolute atomic E-state index is 0.429. The highest BCUT2D eigenvalue weighted by atomic mass is 16.5. The third-order valence-electron chi connectivity index (χ3n) is 4.74. The fourth-order valence-electron chi connectivity index (χ4n) is 3.46. The first-order valence-electron chi connectivity index (χ1n) is 9.04. The van der Waals surface area contributed by atoms with E-state index >= 15 is 0 Å². The minimum Gasteiger partial charge on any atom is -0.490 e. The Morgan fingerprint density at radius 2 is 2.08 bits per heavy atom. The topological polar surface area (TPSA) is 59.5 Å². The quantitative estimate of drug-likeness (QED) is 0.922. The first kappa shape index (κ1) is 16.1. The number of benzene rings is 1. The van der Waals surface area contributed by atoms with E-state index in [1.54, 1.807) is 6.20 Å². The third-order valence-corrected chi connectivity index (χ3v) is 4.74. The number of para-hydroxylation sites is 1. The van der Waals surface area contributed by atoms with Crippen LogP contribution >= 0.6 is 0 Å². The van der Waals surface area contributed by atoms with Crippen molar-refractivity contribution in [3.63, 3.8) is 0 Å². The summed E-state index contributed by atoms with van der Waals surface area (Å²) in [6.07, 6.45) is 4.97. The van der Waals surface area contributed by atoms with Gasteiger partial charge < -0.3 is 19.7 Å². The summed E-state index contributed by atoms with van der Waals surface area (Å²) in [6.45, 7) is 4.21. The maximum Gasteiger partial charge on any atom is 0.165 e. The Balaban J connectivity index is 1.40. The van der Waals surface area contributed by atoms with Gasteiger partial charge in [0.25, 0.3) is 0 Å². The lowest BCUT2D eigenvalue weighted by Gasteiger charge is -2.33. The molecule has 6 heteroatoms. The van der Waals surface area contributed by atoms with Gasteiger partial charge in [0.15, 0.2) is 17.3 Å². The summed E-state index contributed by atoms with van der Waals surface area (Å²) in [7, 11) is 0. The zero-order valence-electron chi connectivity index (χ0n) is 14.4. The number of nitrogens with one attached hydrogen (secondary N) is 1. The molecule has 1 atom stereocenters. The molecule has 25 heavy (non-hydrogen) atoms. The Labute approximate surface area is 148 Å². The summed E-state index contributed by atoms with van der Waals surface area (Å²) in [5.74, 6) is 2.72. The van der Waals surface area contributed by atoms with Crippen LogP contribution in [-0.4, -0.2) is 42.5 Å². The van der Waals surface area contributed by atoms with Gasteiger partial charge in [-0.05, 0) is 31.0 Å². The Morgan fingerprint density at radius 3 is 3.00 bits per heavy atom. The zero-order chi connectivity index (χ0) is 16.9. The van der Waals surface area contributed by atoms with E-state index in [4.69, 9.17) is 9.47 Å². The molecule has 0 amide bonds. The molecule has 0 aliphatic carbocycles. The van der Waals surface area contributed by atoms with Crippen molar-refractivity contribution in [3.8, 4) is 11.5 Å². The van der Waals surface area contributed by atoms with Crippen molar-refractivity contribution in [1.29, 1.82) is 0 Å². The lowest BCUT2D eigenvalue weighted by molar-refractivity contribution is 0.295. The number of piperidine rings is 1. The highest BCUT2D eigenvalue weighted by Crippen LogP contribution is 2.33. The molecule has 0 bridgehead atoms. The van der Waals surface area contributed by atoms with Gasteiger partial charge in [-0.25, -0.2) is 0 Å². The minimum atomic E-state index is 0.429. The van der Waals surface area contributed by atoms with Crippen LogP contribution in [0.25, 0.3) is 0 Å². The predicted octanol–water partition coefficient (Wildman–Crippen LogP) is 2.40. The zero-order valence-corrected chi connectivity index (χ0v) is 14.4. The maximum atomic E-state index is 5.92. The fourth-order valence-corrected chi connectivity index (χ4v) is 3.46. The van der Waals surface area contributed by atoms with Gasteiger partial charge in [-0.3, -0.25) is 0 Å². The molecular weight excluding hydrogens is 316 g/mol. The van der Waals surface area contributed by atoms with Crippen LogP contribution in [-0.2, 0) is 6.54 Å². The standard InChI is InChI=1S/C19H24N4O2/c1-5-15(19-17(7-1)24-11-4-12-25-19)13-20-16-6-3-10-23(14-16)18-8-2-9-21-22-18/h1-2,5,7-9,16,20H,3-4,6,10-14H2. The summed E-state index contributed by atoms with van der Waals surface area (Å²) < 4.78 is 11.7. The molecule has 1 aromatic carbocycles. The summed E-state index contributed by atoms with van der Waals surface area (Å²) in [5.41, 5.74) is 1.16. The van der Waals surface area contributed by atoms with Gasteiger partial charge >= 0.3 is 0 Å². The van der Waals surface area contributed by atoms with Crippen LogP contribution in [0.2, 0.25) is 0 Å². The van der Waals surface area contributed by atoms with Crippen LogP contribution in [0.4, 0.5) is 5.82 Å². The lowest BCUT2D eigenvalue weighted by atomic mass is 10.0. The van der Waals surface area contributed by atoms with Crippen molar-refractivity contribution in [3.05, 3.63) is 42.1 Å². The van der Waals surface area contributed by atoms with E-state index in [1.165, 1.54) is 6.42 Å². The molecular formula is C19H24N4O2. The number of nitrogens with zero attached hydrogens (tertiary/aromatic N) is 3. The summed E-state index contributed by atoms with van der Waals surface area (Å²) >= 11 is 0. The normalized spacial score (nSPS) is 20.2. The summed E-state index contributed by atoms with van der Waals surface area (Å²) in [5, 5.41) is 11.9. The number of hydrogen-bond acceptors (Lipinski definition) is 6. The number of hydrogen-bond donors (Lipinski definition) is 1. The second kappa shape index (κ2) is 7.70. The first-order valence-corrected chi connectivity index (χ1v) is 9.04. The second-order valence-corrected chi connectivity index (χ2v) is 6.54. The van der Waals surface area contributed by atoms with Crippen LogP contribution in [0.1, 0.15) is 24.8 Å². The summed E-state index contributed by atoms with van der Waals surface area (Å²) in [4.78, 5) is 2.30. The number of anilines is 1. The van der Waals surface area contributed by atoms with Gasteiger partial charge in [-0.2, -0.15) is 5.10 Å². The van der Waals surface area contributed by atoms with E-state index in [1.807, 2.05) is 24.3 Å². The third kappa shape index (κ3) is 3.85. The molecule has 2 aromatic rings. The van der Waals surface area contributed by atoms with Gasteiger partial charge in [0.05, 0.1) is 13.2 Å². The summed E-state index contributed by atoms with van der Waals surface area (Å²) in [6, 6.07) is 10.5. The molecule has 3 heterocycles. The number of fused-ring (bicyclic) bond motifs is 1. The van der Waals surface area contributed by atoms with Crippen LogP contribution in [0.15, 0.2) is 36.5 Å². The van der Waals surface area contributed by atoms with Gasteiger partial charge in [0.2, 0.25) is 0 Å². The van der Waals surface area contributed by atoms with Crippen LogP contribution in [0.5, 0.6) is 11.5 Å². The van der Waals surface area contributed by atoms with Gasteiger partial charge in [0, 0.05) is 43.9 Å². The molecule has 0 spiro atoms. The number of ether oxygens (including phenoxy) is 2. The molecule has 1 aromatic heterocycles. The van der Waals surface area contributed by atoms with Gasteiger partial charge in [-0.1, -0.05) is 12.1 Å². The highest BCUT2D eigenvalue weighted by molar-refractivity contribution is 5.47. The van der Waals surface area contributed by atoms with Crippen molar-refractivity contribution in [2.24, 2.45) is 0 Å². The Bertz CT molecular complexity index is 695. The smallest absolute Gasteiger partial charge is 0.165 e. The monoisotopic (exact) mass is 340 g/mol. The van der Waals surface area contributed by atoms with Crippen molar-refractivity contribution < 1.29 is 9.47 Å². The first-order chi connectivity index (χ1) is 12.4. The molecule has 2 aliphatic rings. The highest BCUT2D eigenvalue weighted by Gasteiger charge is 2.22. The molecule has 1 saturated heterocycles. The average Bonchev–Trinajstić information content (AvgIpc) is 2.93. The second-order valence-electron chi connectivity index (χ2n) is 6.54. The molecule has 1 N–H and O–H groups in total. The maximum absolute atomic E-state index is 5.92. The van der Waals surface area contributed by atoms with Crippen LogP contribution in [0, 0.1) is 0 Å². The van der Waals surface area contributed by atoms with E-state index in [2.05, 4.69) is 26.5 Å². The molecule has 4 rings (SSSR count). The van der Waals surface area contributed by atoms with E-state index in [0.29, 0.717) is 12.6 Å². The largest absolute Gasteiger partial charge is 0.490 e. The fraction of sp³-hybridized carbons (Fsp3) is 0.474. The predicted molar refractivity (Wildman–Crippen MR) is 96.2 cm³/mol. The Morgan fingerprint density at radius 1 is 1.12 bits per heavy atom. The molecule has 0 radical (unpaired) electrons. The van der Waals surface area contributed by atoms with Crippen molar-refractivity contribution in [2.45, 2.75) is 31.8 Å². The molecule has 1 fully saturated rings. The van der Waals surface area contributed by atoms with Crippen LogP contribution in [0.3, 0.4) is 0 Å². The molecule has 0 saturated carbocycles. The van der Waals surface area contributed by atoms with E-state index in [9.17, 15) is 0 Å². The van der Waals surface area contributed by atoms with E-state index in [0.717, 1.165) is 62.0 Å². The van der Waals surface area contributed by atoms with E-state index in [-0.39, 0.29) is 0 Å². The number of aromatic nitrogens is 2. The van der Waals surface area contributed by atoms with Gasteiger partial charge in [-0.15, -0.1) is 5.10 Å². The molecule has 1 unspecified atom stereocenters.